The second-order valence-corrected chi connectivity index (χ2v) is 8.44. The van der Waals surface area contributed by atoms with Crippen LogP contribution in [0, 0.1) is 0 Å². The first-order valence-corrected chi connectivity index (χ1v) is 10.1. The number of aromatic nitrogens is 4. The molecule has 2 aromatic heterocycles. The highest BCUT2D eigenvalue weighted by Crippen LogP contribution is 2.35. The van der Waals surface area contributed by atoms with Gasteiger partial charge in [0.1, 0.15) is 5.15 Å². The average molecular weight is 381 g/mol. The molecule has 0 amide bonds. The van der Waals surface area contributed by atoms with Crippen LogP contribution in [0.3, 0.4) is 0 Å². The Hall–Kier alpha value is -1.22. The number of anilines is 1. The molecule has 0 aliphatic carbocycles. The number of rotatable bonds is 3. The molecule has 0 radical (unpaired) electrons. The van der Waals surface area contributed by atoms with E-state index in [1.54, 1.807) is 17.5 Å². The van der Waals surface area contributed by atoms with Crippen LogP contribution in [0.5, 0.6) is 0 Å². The van der Waals surface area contributed by atoms with E-state index in [2.05, 4.69) is 25.1 Å². The number of nitrogens with zero attached hydrogens (tertiary/aromatic N) is 6. The van der Waals surface area contributed by atoms with E-state index in [1.165, 1.54) is 12.8 Å². The quantitative estimate of drug-likeness (QED) is 0.814. The number of thiazole rings is 1. The van der Waals surface area contributed by atoms with Gasteiger partial charge in [-0.1, -0.05) is 28.2 Å². The lowest BCUT2D eigenvalue weighted by Crippen LogP contribution is -2.47. The van der Waals surface area contributed by atoms with Crippen molar-refractivity contribution >= 4 is 28.1 Å². The molecule has 0 spiro atoms. The van der Waals surface area contributed by atoms with Gasteiger partial charge in [-0.25, -0.2) is 9.67 Å². The highest BCUT2D eigenvalue weighted by molar-refractivity contribution is 7.16. The first-order chi connectivity index (χ1) is 12.3. The molecule has 5 rings (SSSR count). The van der Waals surface area contributed by atoms with Crippen molar-refractivity contribution in [1.82, 2.24) is 24.9 Å². The minimum Gasteiger partial charge on any atom is -0.370 e. The SMILES string of the molecule is Clc1nc(N2CCCC2)sc1CN1CC[C@@H]2OCc3cnnn3[C@H]2C1. The van der Waals surface area contributed by atoms with E-state index >= 15 is 0 Å². The lowest BCUT2D eigenvalue weighted by atomic mass is 10.0. The molecule has 0 bridgehead atoms. The van der Waals surface area contributed by atoms with Crippen molar-refractivity contribution in [2.75, 3.05) is 31.1 Å². The lowest BCUT2D eigenvalue weighted by Gasteiger charge is -2.40. The van der Waals surface area contributed by atoms with E-state index in [4.69, 9.17) is 16.3 Å². The molecule has 2 aromatic rings. The van der Waals surface area contributed by atoms with Crippen LogP contribution < -0.4 is 4.90 Å². The summed E-state index contributed by atoms with van der Waals surface area (Å²) in [6.07, 6.45) is 5.56. The third-order valence-corrected chi connectivity index (χ3v) is 6.92. The van der Waals surface area contributed by atoms with Gasteiger partial charge in [-0.15, -0.1) is 5.10 Å². The van der Waals surface area contributed by atoms with Crippen molar-refractivity contribution in [1.29, 1.82) is 0 Å². The predicted octanol–water partition coefficient (Wildman–Crippen LogP) is 2.33. The number of fused-ring (bicyclic) bond motifs is 3. The fourth-order valence-corrected chi connectivity index (χ4v) is 5.41. The Labute approximate surface area is 155 Å². The van der Waals surface area contributed by atoms with Crippen molar-refractivity contribution in [2.45, 2.75) is 44.6 Å². The van der Waals surface area contributed by atoms with Crippen molar-refractivity contribution in [3.05, 3.63) is 21.9 Å². The summed E-state index contributed by atoms with van der Waals surface area (Å²) in [4.78, 5) is 10.6. The summed E-state index contributed by atoms with van der Waals surface area (Å²) in [6.45, 7) is 5.59. The zero-order chi connectivity index (χ0) is 16.8. The van der Waals surface area contributed by atoms with Gasteiger partial charge in [0.15, 0.2) is 5.13 Å². The van der Waals surface area contributed by atoms with Crippen LogP contribution in [0.15, 0.2) is 6.20 Å². The Morgan fingerprint density at radius 3 is 3.04 bits per heavy atom. The first-order valence-electron chi connectivity index (χ1n) is 8.91. The van der Waals surface area contributed by atoms with Gasteiger partial charge in [0, 0.05) is 32.7 Å². The van der Waals surface area contributed by atoms with Crippen LogP contribution in [-0.2, 0) is 17.9 Å². The fraction of sp³-hybridized carbons (Fsp3) is 0.688. The Kier molecular flexibility index (Phi) is 4.16. The zero-order valence-electron chi connectivity index (χ0n) is 14.0. The summed E-state index contributed by atoms with van der Waals surface area (Å²) in [5.41, 5.74) is 1.07. The van der Waals surface area contributed by atoms with Gasteiger partial charge >= 0.3 is 0 Å². The van der Waals surface area contributed by atoms with Crippen LogP contribution >= 0.6 is 22.9 Å². The summed E-state index contributed by atoms with van der Waals surface area (Å²) in [5.74, 6) is 0. The molecule has 0 aromatic carbocycles. The van der Waals surface area contributed by atoms with Gasteiger partial charge < -0.3 is 9.64 Å². The van der Waals surface area contributed by atoms with E-state index in [0.29, 0.717) is 11.8 Å². The monoisotopic (exact) mass is 380 g/mol. The smallest absolute Gasteiger partial charge is 0.187 e. The molecule has 2 atom stereocenters. The Morgan fingerprint density at radius 2 is 2.16 bits per heavy atom. The molecule has 25 heavy (non-hydrogen) atoms. The Morgan fingerprint density at radius 1 is 1.28 bits per heavy atom. The normalized spacial score (nSPS) is 26.7. The van der Waals surface area contributed by atoms with Gasteiger partial charge in [-0.05, 0) is 19.3 Å². The number of hydrogen-bond acceptors (Lipinski definition) is 7. The van der Waals surface area contributed by atoms with E-state index in [1.807, 2.05) is 4.68 Å². The predicted molar refractivity (Wildman–Crippen MR) is 96.1 cm³/mol. The molecule has 2 saturated heterocycles. The molecule has 134 valence electrons. The third kappa shape index (κ3) is 2.95. The van der Waals surface area contributed by atoms with Gasteiger partial charge in [-0.2, -0.15) is 0 Å². The summed E-state index contributed by atoms with van der Waals surface area (Å²) in [7, 11) is 0. The molecule has 3 aliphatic heterocycles. The second-order valence-electron chi connectivity index (χ2n) is 7.02. The topological polar surface area (TPSA) is 59.3 Å². The molecule has 0 N–H and O–H groups in total. The van der Waals surface area contributed by atoms with Gasteiger partial charge in [0.25, 0.3) is 0 Å². The maximum atomic E-state index is 6.44. The van der Waals surface area contributed by atoms with Crippen LogP contribution in [0.4, 0.5) is 5.13 Å². The summed E-state index contributed by atoms with van der Waals surface area (Å²) in [6, 6.07) is 0.241. The molecule has 0 unspecified atom stereocenters. The third-order valence-electron chi connectivity index (χ3n) is 5.39. The molecular formula is C16H21ClN6OS. The minimum absolute atomic E-state index is 0.238. The summed E-state index contributed by atoms with van der Waals surface area (Å²) >= 11 is 8.18. The van der Waals surface area contributed by atoms with Gasteiger partial charge in [0.05, 0.1) is 35.5 Å². The highest BCUT2D eigenvalue weighted by Gasteiger charge is 2.36. The minimum atomic E-state index is 0.238. The molecule has 9 heteroatoms. The summed E-state index contributed by atoms with van der Waals surface area (Å²) in [5, 5.41) is 10.1. The molecule has 0 saturated carbocycles. The van der Waals surface area contributed by atoms with Gasteiger partial charge in [-0.3, -0.25) is 4.90 Å². The molecule has 7 nitrogen and oxygen atoms in total. The first kappa shape index (κ1) is 16.0. The molecule has 2 fully saturated rings. The van der Waals surface area contributed by atoms with Crippen LogP contribution in [0.25, 0.3) is 0 Å². The molecular weight excluding hydrogens is 360 g/mol. The Bertz CT molecular complexity index is 758. The van der Waals surface area contributed by atoms with Crippen LogP contribution in [-0.4, -0.2) is 57.2 Å². The maximum absolute atomic E-state index is 6.44. The largest absolute Gasteiger partial charge is 0.370 e. The van der Waals surface area contributed by atoms with Crippen molar-refractivity contribution < 1.29 is 4.74 Å². The van der Waals surface area contributed by atoms with E-state index in [-0.39, 0.29) is 12.1 Å². The average Bonchev–Trinajstić information content (AvgIpc) is 3.35. The highest BCUT2D eigenvalue weighted by atomic mass is 35.5. The number of ether oxygens (including phenoxy) is 1. The number of halogens is 1. The van der Waals surface area contributed by atoms with Crippen molar-refractivity contribution in [3.8, 4) is 0 Å². The van der Waals surface area contributed by atoms with E-state index in [0.717, 1.165) is 54.8 Å². The zero-order valence-corrected chi connectivity index (χ0v) is 15.5. The van der Waals surface area contributed by atoms with E-state index in [9.17, 15) is 0 Å². The number of piperidine rings is 1. The second kappa shape index (κ2) is 6.50. The summed E-state index contributed by atoms with van der Waals surface area (Å²) < 4.78 is 8.04. The van der Waals surface area contributed by atoms with Crippen molar-refractivity contribution in [3.63, 3.8) is 0 Å². The number of hydrogen-bond donors (Lipinski definition) is 0. The Balaban J connectivity index is 1.31. The molecule has 5 heterocycles. The lowest BCUT2D eigenvalue weighted by molar-refractivity contribution is -0.0668. The maximum Gasteiger partial charge on any atom is 0.187 e. The molecule has 3 aliphatic rings. The van der Waals surface area contributed by atoms with Crippen molar-refractivity contribution in [2.24, 2.45) is 0 Å². The standard InChI is InChI=1S/C16H21ClN6OS/c17-15-14(25-16(19-15)22-4-1-2-5-22)9-21-6-3-13-12(8-21)23-11(10-24-13)7-18-20-23/h7,12-13H,1-6,8-10H2/t12-,13-/m0/s1. The van der Waals surface area contributed by atoms with Crippen LogP contribution in [0.1, 0.15) is 35.9 Å². The van der Waals surface area contributed by atoms with Gasteiger partial charge in [0.2, 0.25) is 0 Å². The van der Waals surface area contributed by atoms with Crippen LogP contribution in [0.2, 0.25) is 5.15 Å². The fourth-order valence-electron chi connectivity index (χ4n) is 4.05. The number of likely N-dealkylation sites (tertiary alicyclic amines) is 1. The van der Waals surface area contributed by atoms with E-state index < -0.39 is 0 Å².